The van der Waals surface area contributed by atoms with E-state index in [4.69, 9.17) is 0 Å². The van der Waals surface area contributed by atoms with Crippen molar-refractivity contribution in [3.63, 3.8) is 0 Å². The van der Waals surface area contributed by atoms with Crippen LogP contribution in [0.1, 0.15) is 25.7 Å². The third-order valence-corrected chi connectivity index (χ3v) is 4.40. The Morgan fingerprint density at radius 1 is 1.19 bits per heavy atom. The monoisotopic (exact) mass is 219 g/mol. The van der Waals surface area contributed by atoms with Gasteiger partial charge in [-0.2, -0.15) is 0 Å². The molecule has 1 saturated heterocycles. The first-order chi connectivity index (χ1) is 7.77. The molecular weight excluding hydrogens is 202 g/mol. The Hall–Kier alpha value is -1.12. The van der Waals surface area contributed by atoms with Crippen molar-refractivity contribution in [3.05, 3.63) is 12.2 Å². The van der Waals surface area contributed by atoms with Crippen molar-refractivity contribution in [3.8, 4) is 0 Å². The average molecular weight is 219 g/mol. The van der Waals surface area contributed by atoms with Gasteiger partial charge in [0.1, 0.15) is 0 Å². The number of carbonyl (C=O) groups excluding carboxylic acids is 2. The maximum absolute atomic E-state index is 12.0. The van der Waals surface area contributed by atoms with E-state index in [2.05, 4.69) is 17.5 Å². The van der Waals surface area contributed by atoms with Gasteiger partial charge in [-0.15, -0.1) is 0 Å². The van der Waals surface area contributed by atoms with Crippen molar-refractivity contribution in [2.24, 2.45) is 23.7 Å². The fraction of sp³-hybridized carbons (Fsp3) is 0.692. The van der Waals surface area contributed by atoms with Crippen LogP contribution < -0.4 is 5.32 Å². The number of hydrogen-bond donors (Lipinski definition) is 1. The quantitative estimate of drug-likeness (QED) is 0.624. The van der Waals surface area contributed by atoms with E-state index in [1.807, 2.05) is 0 Å². The highest BCUT2D eigenvalue weighted by Crippen LogP contribution is 2.43. The molecule has 3 nitrogen and oxygen atoms in total. The molecule has 4 atom stereocenters. The number of nitrogens with one attached hydrogen (secondary N) is 1. The molecule has 1 saturated carbocycles. The van der Waals surface area contributed by atoms with Gasteiger partial charge >= 0.3 is 0 Å². The standard InChI is InChI=1S/C13H17NO2/c15-10-7-14-13(16)12-9-5-1-3-8(11(10)12)4-2-6-9/h1,3,8-9,11-12H,2,4-7H2,(H,14,16). The van der Waals surface area contributed by atoms with Crippen molar-refractivity contribution in [1.29, 1.82) is 0 Å². The van der Waals surface area contributed by atoms with Gasteiger partial charge in [-0.05, 0) is 31.1 Å². The molecule has 2 aliphatic carbocycles. The Bertz CT molecular complexity index is 361. The first-order valence-electron chi connectivity index (χ1n) is 6.24. The first-order valence-corrected chi connectivity index (χ1v) is 6.24. The Labute approximate surface area is 95.3 Å². The zero-order valence-electron chi connectivity index (χ0n) is 9.32. The molecule has 2 bridgehead atoms. The molecule has 1 N–H and O–H groups in total. The van der Waals surface area contributed by atoms with Crippen LogP contribution in [0.15, 0.2) is 12.2 Å². The summed E-state index contributed by atoms with van der Waals surface area (Å²) in [5.41, 5.74) is 0. The third kappa shape index (κ3) is 1.41. The van der Waals surface area contributed by atoms with Gasteiger partial charge in [0.05, 0.1) is 12.5 Å². The number of piperidine rings is 1. The molecule has 4 unspecified atom stereocenters. The molecule has 16 heavy (non-hydrogen) atoms. The van der Waals surface area contributed by atoms with Crippen LogP contribution in [0.3, 0.4) is 0 Å². The number of amides is 1. The zero-order chi connectivity index (χ0) is 11.1. The van der Waals surface area contributed by atoms with Crippen LogP contribution in [0, 0.1) is 23.7 Å². The van der Waals surface area contributed by atoms with Crippen molar-refractivity contribution < 1.29 is 9.59 Å². The molecule has 1 aliphatic heterocycles. The number of carbonyl (C=O) groups is 2. The molecule has 3 aliphatic rings. The predicted molar refractivity (Wildman–Crippen MR) is 59.6 cm³/mol. The number of hydrogen-bond acceptors (Lipinski definition) is 2. The molecule has 1 amide bonds. The minimum atomic E-state index is -0.0521. The summed E-state index contributed by atoms with van der Waals surface area (Å²) in [5.74, 6) is 0.982. The number of ketones is 1. The molecule has 3 rings (SSSR count). The van der Waals surface area contributed by atoms with Crippen LogP contribution in [0.25, 0.3) is 0 Å². The van der Waals surface area contributed by atoms with Crippen molar-refractivity contribution in [1.82, 2.24) is 5.32 Å². The average Bonchev–Trinajstić information content (AvgIpc) is 2.52. The first kappa shape index (κ1) is 10.1. The summed E-state index contributed by atoms with van der Waals surface area (Å²) >= 11 is 0. The topological polar surface area (TPSA) is 46.2 Å². The highest BCUT2D eigenvalue weighted by molar-refractivity contribution is 5.96. The van der Waals surface area contributed by atoms with Crippen LogP contribution in [-0.2, 0) is 9.59 Å². The number of Topliss-reactive ketones (excluding diaryl/α,β-unsaturated/α-hetero) is 1. The van der Waals surface area contributed by atoms with Crippen LogP contribution in [0.4, 0.5) is 0 Å². The van der Waals surface area contributed by atoms with Crippen molar-refractivity contribution in [2.45, 2.75) is 25.7 Å². The summed E-state index contributed by atoms with van der Waals surface area (Å²) in [5, 5.41) is 2.76. The Morgan fingerprint density at radius 3 is 2.94 bits per heavy atom. The van der Waals surface area contributed by atoms with E-state index in [1.54, 1.807) is 0 Å². The maximum atomic E-state index is 12.0. The summed E-state index contributed by atoms with van der Waals surface area (Å²) < 4.78 is 0. The maximum Gasteiger partial charge on any atom is 0.224 e. The Morgan fingerprint density at radius 2 is 2.06 bits per heavy atom. The minimum Gasteiger partial charge on any atom is -0.349 e. The van der Waals surface area contributed by atoms with E-state index in [-0.39, 0.29) is 30.1 Å². The molecule has 0 aromatic heterocycles. The SMILES string of the molecule is O=C1CNC(=O)C2C3CC=CC(CCC3)C12. The minimum absolute atomic E-state index is 0.0278. The smallest absolute Gasteiger partial charge is 0.224 e. The molecular formula is C13H17NO2. The molecule has 0 aromatic carbocycles. The lowest BCUT2D eigenvalue weighted by atomic mass is 9.72. The molecule has 3 heteroatoms. The van der Waals surface area contributed by atoms with E-state index >= 15 is 0 Å². The van der Waals surface area contributed by atoms with E-state index in [1.165, 1.54) is 0 Å². The van der Waals surface area contributed by atoms with E-state index < -0.39 is 0 Å². The molecule has 2 fully saturated rings. The second-order valence-electron chi connectivity index (χ2n) is 5.25. The summed E-state index contributed by atoms with van der Waals surface area (Å²) in [7, 11) is 0. The molecule has 1 heterocycles. The highest BCUT2D eigenvalue weighted by Gasteiger charge is 2.47. The summed E-state index contributed by atoms with van der Waals surface area (Å²) in [6.07, 6.45) is 8.68. The van der Waals surface area contributed by atoms with Crippen molar-refractivity contribution in [2.75, 3.05) is 6.54 Å². The van der Waals surface area contributed by atoms with Gasteiger partial charge in [-0.25, -0.2) is 0 Å². The van der Waals surface area contributed by atoms with E-state index in [9.17, 15) is 9.59 Å². The predicted octanol–water partition coefficient (Wildman–Crippen LogP) is 1.29. The number of rotatable bonds is 0. The second kappa shape index (κ2) is 3.72. The fourth-order valence-electron chi connectivity index (χ4n) is 3.67. The van der Waals surface area contributed by atoms with E-state index in [0.29, 0.717) is 11.8 Å². The zero-order valence-corrected chi connectivity index (χ0v) is 9.32. The van der Waals surface area contributed by atoms with Crippen LogP contribution >= 0.6 is 0 Å². The lowest BCUT2D eigenvalue weighted by Gasteiger charge is -2.34. The van der Waals surface area contributed by atoms with Crippen molar-refractivity contribution >= 4 is 11.7 Å². The fourth-order valence-corrected chi connectivity index (χ4v) is 3.67. The summed E-state index contributed by atoms with van der Waals surface area (Å²) in [6, 6.07) is 0. The molecule has 0 spiro atoms. The summed E-state index contributed by atoms with van der Waals surface area (Å²) in [6.45, 7) is 0.247. The van der Waals surface area contributed by atoms with Gasteiger partial charge in [0.15, 0.2) is 5.78 Å². The van der Waals surface area contributed by atoms with E-state index in [0.717, 1.165) is 25.7 Å². The Balaban J connectivity index is 2.03. The highest BCUT2D eigenvalue weighted by atomic mass is 16.2. The van der Waals surface area contributed by atoms with Crippen LogP contribution in [-0.4, -0.2) is 18.2 Å². The van der Waals surface area contributed by atoms with Crippen LogP contribution in [0.5, 0.6) is 0 Å². The number of allylic oxidation sites excluding steroid dienone is 2. The molecule has 0 radical (unpaired) electrons. The van der Waals surface area contributed by atoms with Gasteiger partial charge in [0, 0.05) is 5.92 Å². The third-order valence-electron chi connectivity index (χ3n) is 4.40. The van der Waals surface area contributed by atoms with Gasteiger partial charge < -0.3 is 5.32 Å². The summed E-state index contributed by atoms with van der Waals surface area (Å²) in [4.78, 5) is 24.0. The van der Waals surface area contributed by atoms with Gasteiger partial charge in [-0.1, -0.05) is 18.6 Å². The normalized spacial score (nSPS) is 42.2. The second-order valence-corrected chi connectivity index (χ2v) is 5.25. The van der Waals surface area contributed by atoms with Crippen LogP contribution in [0.2, 0.25) is 0 Å². The van der Waals surface area contributed by atoms with Gasteiger partial charge in [0.25, 0.3) is 0 Å². The molecule has 0 aromatic rings. The Kier molecular flexibility index (Phi) is 2.34. The van der Waals surface area contributed by atoms with Gasteiger partial charge in [0.2, 0.25) is 5.91 Å². The largest absolute Gasteiger partial charge is 0.349 e. The molecule has 86 valence electrons. The lowest BCUT2D eigenvalue weighted by Crippen LogP contribution is -2.51. The van der Waals surface area contributed by atoms with Gasteiger partial charge in [-0.3, -0.25) is 9.59 Å². The lowest BCUT2D eigenvalue weighted by molar-refractivity contribution is -0.141.